The molecular formula is C24H22NP. The van der Waals surface area contributed by atoms with E-state index in [2.05, 4.69) is 97.1 Å². The van der Waals surface area contributed by atoms with E-state index in [1.54, 1.807) is 0 Å². The van der Waals surface area contributed by atoms with Crippen molar-refractivity contribution < 1.29 is 0 Å². The van der Waals surface area contributed by atoms with Gasteiger partial charge >= 0.3 is 0 Å². The molecule has 4 rings (SSSR count). The first-order valence-corrected chi connectivity index (χ1v) is 10.3. The fourth-order valence-electron chi connectivity index (χ4n) is 3.46. The second-order valence-corrected chi connectivity index (χ2v) is 8.60. The maximum Gasteiger partial charge on any atom is 0.0523 e. The molecule has 0 spiro atoms. The maximum absolute atomic E-state index is 6.70. The number of hydrogen-bond acceptors (Lipinski definition) is 1. The molecule has 0 radical (unpaired) electrons. The third kappa shape index (κ3) is 3.42. The minimum atomic E-state index is -0.601. The van der Waals surface area contributed by atoms with E-state index in [0.717, 1.165) is 6.42 Å². The monoisotopic (exact) mass is 355 g/mol. The molecule has 0 unspecified atom stereocenters. The summed E-state index contributed by atoms with van der Waals surface area (Å²) in [6.07, 6.45) is 5.49. The quantitative estimate of drug-likeness (QED) is 0.638. The van der Waals surface area contributed by atoms with Gasteiger partial charge in [0.15, 0.2) is 0 Å². The minimum absolute atomic E-state index is 0.0568. The largest absolute Gasteiger partial charge is 0.321 e. The molecular weight excluding hydrogens is 333 g/mol. The predicted octanol–water partition coefficient (Wildman–Crippen LogP) is 5.03. The summed E-state index contributed by atoms with van der Waals surface area (Å²) < 4.78 is 0. The number of benzene rings is 3. The first-order valence-electron chi connectivity index (χ1n) is 8.95. The average molecular weight is 355 g/mol. The van der Waals surface area contributed by atoms with E-state index in [9.17, 15) is 0 Å². The van der Waals surface area contributed by atoms with Gasteiger partial charge in [0.1, 0.15) is 0 Å². The van der Waals surface area contributed by atoms with Crippen molar-refractivity contribution in [1.29, 1.82) is 0 Å². The number of nitrogens with two attached hydrogens (primary N) is 1. The fraction of sp³-hybridized carbons (Fsp3) is 0.0833. The zero-order valence-electron chi connectivity index (χ0n) is 14.6. The van der Waals surface area contributed by atoms with E-state index in [1.165, 1.54) is 27.1 Å². The Balaban J connectivity index is 1.83. The molecule has 0 saturated heterocycles. The molecule has 1 nitrogen and oxygen atoms in total. The van der Waals surface area contributed by atoms with E-state index < -0.39 is 7.92 Å². The molecule has 2 N–H and O–H groups in total. The number of allylic oxidation sites excluding steroid dienone is 3. The van der Waals surface area contributed by atoms with Crippen LogP contribution in [-0.2, 0) is 0 Å². The zero-order valence-corrected chi connectivity index (χ0v) is 15.5. The molecule has 0 aromatic heterocycles. The zero-order chi connectivity index (χ0) is 17.8. The van der Waals surface area contributed by atoms with Gasteiger partial charge in [-0.15, -0.1) is 0 Å². The molecule has 1 aliphatic rings. The third-order valence-electron chi connectivity index (χ3n) is 4.75. The lowest BCUT2D eigenvalue weighted by Crippen LogP contribution is -2.17. The van der Waals surface area contributed by atoms with Crippen LogP contribution in [0, 0.1) is 0 Å². The van der Waals surface area contributed by atoms with E-state index >= 15 is 0 Å². The molecule has 0 aliphatic heterocycles. The molecule has 0 fully saturated rings. The van der Waals surface area contributed by atoms with Crippen LogP contribution in [0.2, 0.25) is 0 Å². The van der Waals surface area contributed by atoms with Gasteiger partial charge in [-0.3, -0.25) is 0 Å². The first-order chi connectivity index (χ1) is 12.8. The normalized spacial score (nSPS) is 14.8. The van der Waals surface area contributed by atoms with Crippen molar-refractivity contribution in [2.45, 2.75) is 12.5 Å². The topological polar surface area (TPSA) is 26.0 Å². The van der Waals surface area contributed by atoms with E-state index in [4.69, 9.17) is 5.73 Å². The summed E-state index contributed by atoms with van der Waals surface area (Å²) >= 11 is 0. The fourth-order valence-corrected chi connectivity index (χ4v) is 6.02. The van der Waals surface area contributed by atoms with E-state index in [1.807, 2.05) is 6.07 Å². The highest BCUT2D eigenvalue weighted by Gasteiger charge is 2.25. The summed E-state index contributed by atoms with van der Waals surface area (Å²) in [5.41, 5.74) is 9.22. The standard InChI is InChI=1S/C24H22NP/c25-24(19-11-4-1-5-12-19)22-17-10-18-23(22)26(20-13-6-2-7-14-20)21-15-8-3-9-16-21/h1-16,18,24H,17,25H2/t24-/m1/s1. The Morgan fingerprint density at radius 3 is 1.73 bits per heavy atom. The Morgan fingerprint density at radius 2 is 1.19 bits per heavy atom. The summed E-state index contributed by atoms with van der Waals surface area (Å²) in [6.45, 7) is 0. The van der Waals surface area contributed by atoms with Crippen LogP contribution >= 0.6 is 7.92 Å². The van der Waals surface area contributed by atoms with Crippen molar-refractivity contribution in [3.63, 3.8) is 0 Å². The van der Waals surface area contributed by atoms with Crippen LogP contribution in [0.4, 0.5) is 0 Å². The van der Waals surface area contributed by atoms with Gasteiger partial charge in [-0.1, -0.05) is 103 Å². The van der Waals surface area contributed by atoms with Gasteiger partial charge in [0.05, 0.1) is 6.04 Å². The Labute approximate surface area is 156 Å². The van der Waals surface area contributed by atoms with Crippen molar-refractivity contribution in [1.82, 2.24) is 0 Å². The van der Waals surface area contributed by atoms with Crippen LogP contribution in [0.5, 0.6) is 0 Å². The molecule has 0 amide bonds. The van der Waals surface area contributed by atoms with Crippen molar-refractivity contribution in [3.05, 3.63) is 120 Å². The van der Waals surface area contributed by atoms with Crippen molar-refractivity contribution >= 4 is 18.5 Å². The number of rotatable bonds is 5. The van der Waals surface area contributed by atoms with Gasteiger partial charge in [-0.2, -0.15) is 0 Å². The van der Waals surface area contributed by atoms with E-state index in [-0.39, 0.29) is 6.04 Å². The van der Waals surface area contributed by atoms with Gasteiger partial charge in [-0.05, 0) is 41.4 Å². The third-order valence-corrected chi connectivity index (χ3v) is 7.29. The molecule has 1 atom stereocenters. The van der Waals surface area contributed by atoms with E-state index in [0.29, 0.717) is 0 Å². The van der Waals surface area contributed by atoms with Gasteiger partial charge in [0.25, 0.3) is 0 Å². The molecule has 3 aromatic carbocycles. The Hall–Kier alpha value is -2.47. The molecule has 128 valence electrons. The highest BCUT2D eigenvalue weighted by atomic mass is 31.1. The van der Waals surface area contributed by atoms with Crippen molar-refractivity contribution in [2.24, 2.45) is 5.73 Å². The molecule has 0 saturated carbocycles. The highest BCUT2D eigenvalue weighted by molar-refractivity contribution is 7.77. The lowest BCUT2D eigenvalue weighted by atomic mass is 9.99. The van der Waals surface area contributed by atoms with Gasteiger partial charge in [0.2, 0.25) is 0 Å². The van der Waals surface area contributed by atoms with Crippen LogP contribution in [0.1, 0.15) is 18.0 Å². The summed E-state index contributed by atoms with van der Waals surface area (Å²) in [5.74, 6) is 0. The smallest absolute Gasteiger partial charge is 0.0523 e. The average Bonchev–Trinajstić information content (AvgIpc) is 3.19. The van der Waals surface area contributed by atoms with Gasteiger partial charge in [0, 0.05) is 0 Å². The predicted molar refractivity (Wildman–Crippen MR) is 113 cm³/mol. The maximum atomic E-state index is 6.70. The van der Waals surface area contributed by atoms with Crippen LogP contribution in [-0.4, -0.2) is 0 Å². The van der Waals surface area contributed by atoms with Gasteiger partial charge in [-0.25, -0.2) is 0 Å². The lowest BCUT2D eigenvalue weighted by molar-refractivity contribution is 0.825. The van der Waals surface area contributed by atoms with Crippen LogP contribution < -0.4 is 16.3 Å². The summed E-state index contributed by atoms with van der Waals surface area (Å²) in [4.78, 5) is 0. The Kier molecular flexibility index (Phi) is 5.11. The van der Waals surface area contributed by atoms with Crippen molar-refractivity contribution in [3.8, 4) is 0 Å². The summed E-state index contributed by atoms with van der Waals surface area (Å²) in [5, 5.41) is 4.13. The van der Waals surface area contributed by atoms with Crippen LogP contribution in [0.3, 0.4) is 0 Å². The first kappa shape index (κ1) is 17.0. The molecule has 0 heterocycles. The number of hydrogen-bond donors (Lipinski definition) is 1. The second kappa shape index (κ2) is 7.83. The Bertz CT molecular complexity index is 875. The van der Waals surface area contributed by atoms with Gasteiger partial charge < -0.3 is 5.73 Å². The molecule has 2 heteroatoms. The van der Waals surface area contributed by atoms with Crippen LogP contribution in [0.15, 0.2) is 114 Å². The lowest BCUT2D eigenvalue weighted by Gasteiger charge is -2.24. The second-order valence-electron chi connectivity index (χ2n) is 6.41. The summed E-state index contributed by atoms with van der Waals surface area (Å²) in [7, 11) is -0.601. The SMILES string of the molecule is N[C@@H](C1=C(P(c2ccccc2)c2ccccc2)C=CC1)c1ccccc1. The van der Waals surface area contributed by atoms with Crippen LogP contribution in [0.25, 0.3) is 0 Å². The molecule has 1 aliphatic carbocycles. The summed E-state index contributed by atoms with van der Waals surface area (Å²) in [6, 6.07) is 32.0. The molecule has 3 aromatic rings. The van der Waals surface area contributed by atoms with Crippen molar-refractivity contribution in [2.75, 3.05) is 0 Å². The minimum Gasteiger partial charge on any atom is -0.321 e. The molecule has 0 bridgehead atoms. The molecule has 26 heavy (non-hydrogen) atoms. The Morgan fingerprint density at radius 1 is 0.692 bits per heavy atom. The highest BCUT2D eigenvalue weighted by Crippen LogP contribution is 2.50.